The van der Waals surface area contributed by atoms with Gasteiger partial charge in [0.25, 0.3) is 0 Å². The lowest BCUT2D eigenvalue weighted by Gasteiger charge is -2.19. The Morgan fingerprint density at radius 3 is 0.979 bits per heavy atom. The Kier molecular flexibility index (Phi) is 38.8. The lowest BCUT2D eigenvalue weighted by atomic mass is 9.89. The van der Waals surface area contributed by atoms with Crippen molar-refractivity contribution in [2.24, 2.45) is 5.92 Å². The lowest BCUT2D eigenvalue weighted by molar-refractivity contribution is -0.130. The van der Waals surface area contributed by atoms with Crippen LogP contribution in [-0.2, 0) is 4.79 Å². The van der Waals surface area contributed by atoms with Crippen LogP contribution >= 0.6 is 0 Å². The third-order valence-corrected chi connectivity index (χ3v) is 11.0. The van der Waals surface area contributed by atoms with Crippen LogP contribution in [0.15, 0.2) is 0 Å². The monoisotopic (exact) mass is 677 g/mol. The van der Waals surface area contributed by atoms with Crippen LogP contribution in [0.2, 0.25) is 0 Å². The smallest absolute Gasteiger partial charge is 0.222 e. The van der Waals surface area contributed by atoms with Crippen LogP contribution in [0.3, 0.4) is 0 Å². The topological polar surface area (TPSA) is 23.6 Å². The summed E-state index contributed by atoms with van der Waals surface area (Å²) >= 11 is 0. The minimum Gasteiger partial charge on any atom is -0.346 e. The zero-order valence-electron chi connectivity index (χ0n) is 34.3. The summed E-state index contributed by atoms with van der Waals surface area (Å²) in [6.45, 7) is 6.55. The lowest BCUT2D eigenvalue weighted by Crippen LogP contribution is -2.28. The first-order valence-electron chi connectivity index (χ1n) is 22.4. The molecule has 0 aliphatic rings. The fraction of sp³-hybridized carbons (Fsp3) is 0.978. The number of unbranched alkanes of at least 4 members (excludes halogenated alkanes) is 28. The van der Waals surface area contributed by atoms with Gasteiger partial charge in [0.1, 0.15) is 0 Å². The van der Waals surface area contributed by atoms with E-state index in [4.69, 9.17) is 0 Å². The molecule has 3 heteroatoms. The first-order chi connectivity index (χ1) is 23.5. The second kappa shape index (κ2) is 39.2. The fourth-order valence-electron chi connectivity index (χ4n) is 7.51. The Hall–Kier alpha value is -0.570. The van der Waals surface area contributed by atoms with E-state index >= 15 is 0 Å². The highest BCUT2D eigenvalue weighted by Gasteiger charge is 2.11. The van der Waals surface area contributed by atoms with Crippen molar-refractivity contribution in [2.45, 2.75) is 245 Å². The van der Waals surface area contributed by atoms with Crippen LogP contribution in [0.1, 0.15) is 245 Å². The van der Waals surface area contributed by atoms with Crippen molar-refractivity contribution in [2.75, 3.05) is 34.2 Å². The molecule has 0 aromatic carbocycles. The van der Waals surface area contributed by atoms with Crippen LogP contribution in [0.4, 0.5) is 0 Å². The van der Waals surface area contributed by atoms with Gasteiger partial charge in [-0.3, -0.25) is 4.79 Å². The van der Waals surface area contributed by atoms with E-state index in [0.29, 0.717) is 12.3 Å². The molecule has 0 fully saturated rings. The van der Waals surface area contributed by atoms with Crippen LogP contribution < -0.4 is 0 Å². The molecule has 0 bridgehead atoms. The Morgan fingerprint density at radius 2 is 0.667 bits per heavy atom. The van der Waals surface area contributed by atoms with Crippen LogP contribution in [0.25, 0.3) is 0 Å². The Balaban J connectivity index is 4.09. The Labute approximate surface area is 304 Å². The summed E-state index contributed by atoms with van der Waals surface area (Å²) in [6.07, 6.45) is 50.4. The van der Waals surface area contributed by atoms with Gasteiger partial charge >= 0.3 is 0 Å². The first kappa shape index (κ1) is 47.4. The van der Waals surface area contributed by atoms with E-state index in [9.17, 15) is 4.79 Å². The van der Waals surface area contributed by atoms with Gasteiger partial charge in [0.2, 0.25) is 5.91 Å². The van der Waals surface area contributed by atoms with E-state index in [2.05, 4.69) is 32.8 Å². The molecule has 0 radical (unpaired) electrons. The van der Waals surface area contributed by atoms with Gasteiger partial charge in [0.15, 0.2) is 0 Å². The zero-order valence-corrected chi connectivity index (χ0v) is 34.3. The number of amides is 1. The van der Waals surface area contributed by atoms with E-state index in [1.165, 1.54) is 218 Å². The van der Waals surface area contributed by atoms with Gasteiger partial charge in [-0.15, -0.1) is 0 Å². The molecule has 0 unspecified atom stereocenters. The van der Waals surface area contributed by atoms with Gasteiger partial charge in [-0.05, 0) is 39.4 Å². The molecule has 0 rings (SSSR count). The van der Waals surface area contributed by atoms with Crippen molar-refractivity contribution in [1.29, 1.82) is 0 Å². The number of hydrogen-bond donors (Lipinski definition) is 0. The molecule has 3 nitrogen and oxygen atoms in total. The van der Waals surface area contributed by atoms with Crippen molar-refractivity contribution >= 4 is 5.91 Å². The maximum atomic E-state index is 12.4. The predicted molar refractivity (Wildman–Crippen MR) is 217 cm³/mol. The number of hydrogen-bond acceptors (Lipinski definition) is 2. The molecule has 0 heterocycles. The standard InChI is InChI=1S/C45H92N2O/c1-6-8-10-12-14-16-18-20-22-24-26-28-30-33-38-44(40-35-32-36-43-47(5)45(48)41-37-42-46(3)4)39-34-31-29-27-25-23-21-19-17-15-13-11-9-7-2/h44H,6-43H2,1-5H3. The average Bonchev–Trinajstić information content (AvgIpc) is 3.07. The Bertz CT molecular complexity index is 588. The van der Waals surface area contributed by atoms with Gasteiger partial charge in [0.05, 0.1) is 0 Å². The summed E-state index contributed by atoms with van der Waals surface area (Å²) in [4.78, 5) is 16.6. The number of carbonyl (C=O) groups is 1. The number of carbonyl (C=O) groups excluding carboxylic acids is 1. The second-order valence-electron chi connectivity index (χ2n) is 16.2. The quantitative estimate of drug-likeness (QED) is 0.0603. The predicted octanol–water partition coefficient (Wildman–Crippen LogP) is 14.7. The van der Waals surface area contributed by atoms with Gasteiger partial charge in [-0.1, -0.05) is 226 Å². The molecule has 0 spiro atoms. The third-order valence-electron chi connectivity index (χ3n) is 11.0. The molecule has 48 heavy (non-hydrogen) atoms. The van der Waals surface area contributed by atoms with Gasteiger partial charge in [-0.25, -0.2) is 0 Å². The largest absolute Gasteiger partial charge is 0.346 e. The van der Waals surface area contributed by atoms with Gasteiger partial charge in [-0.2, -0.15) is 0 Å². The molecule has 0 saturated heterocycles. The van der Waals surface area contributed by atoms with E-state index in [-0.39, 0.29) is 0 Å². The summed E-state index contributed by atoms with van der Waals surface area (Å²) in [6, 6.07) is 0. The average molecular weight is 677 g/mol. The van der Waals surface area contributed by atoms with Gasteiger partial charge in [0, 0.05) is 20.0 Å². The van der Waals surface area contributed by atoms with Crippen molar-refractivity contribution in [3.63, 3.8) is 0 Å². The Morgan fingerprint density at radius 1 is 0.375 bits per heavy atom. The summed E-state index contributed by atoms with van der Waals surface area (Å²) in [5, 5.41) is 0. The summed E-state index contributed by atoms with van der Waals surface area (Å²) in [7, 11) is 6.17. The highest BCUT2D eigenvalue weighted by Crippen LogP contribution is 2.25. The molecule has 0 aromatic rings. The zero-order chi connectivity index (χ0) is 35.2. The second-order valence-corrected chi connectivity index (χ2v) is 16.2. The highest BCUT2D eigenvalue weighted by molar-refractivity contribution is 5.75. The minimum atomic E-state index is 0.324. The molecule has 0 aromatic heterocycles. The molecule has 0 saturated carbocycles. The van der Waals surface area contributed by atoms with Crippen LogP contribution in [0, 0.1) is 5.92 Å². The van der Waals surface area contributed by atoms with E-state index in [1.807, 2.05) is 11.9 Å². The number of rotatable bonds is 40. The molecule has 0 aliphatic heterocycles. The van der Waals surface area contributed by atoms with Crippen molar-refractivity contribution < 1.29 is 4.79 Å². The molecule has 1 amide bonds. The van der Waals surface area contributed by atoms with Crippen LogP contribution in [0.5, 0.6) is 0 Å². The molecule has 0 N–H and O–H groups in total. The molecule has 288 valence electrons. The maximum Gasteiger partial charge on any atom is 0.222 e. The summed E-state index contributed by atoms with van der Waals surface area (Å²) in [5.41, 5.74) is 0. The highest BCUT2D eigenvalue weighted by atomic mass is 16.2. The van der Waals surface area contributed by atoms with Crippen molar-refractivity contribution in [3.8, 4) is 0 Å². The summed E-state index contributed by atoms with van der Waals surface area (Å²) in [5.74, 6) is 1.26. The maximum absolute atomic E-state index is 12.4. The molecular weight excluding hydrogens is 585 g/mol. The first-order valence-corrected chi connectivity index (χ1v) is 22.4. The van der Waals surface area contributed by atoms with Crippen molar-refractivity contribution in [3.05, 3.63) is 0 Å². The molecule has 0 atom stereocenters. The molecule has 0 aliphatic carbocycles. The normalized spacial score (nSPS) is 11.7. The van der Waals surface area contributed by atoms with Gasteiger partial charge < -0.3 is 9.80 Å². The van der Waals surface area contributed by atoms with E-state index in [0.717, 1.165) is 25.4 Å². The fourth-order valence-corrected chi connectivity index (χ4v) is 7.51. The summed E-state index contributed by atoms with van der Waals surface area (Å²) < 4.78 is 0. The van der Waals surface area contributed by atoms with E-state index in [1.54, 1.807) is 0 Å². The SMILES string of the molecule is CCCCCCCCCCCCCCCCC(CCCCCCCCCCCCCCCC)CCCCCN(C)C(=O)CCCN(C)C. The number of nitrogens with zero attached hydrogens (tertiary/aromatic N) is 2. The molecular formula is C45H92N2O. The third kappa shape index (κ3) is 36.7. The van der Waals surface area contributed by atoms with Crippen LogP contribution in [-0.4, -0.2) is 49.9 Å². The van der Waals surface area contributed by atoms with E-state index < -0.39 is 0 Å². The van der Waals surface area contributed by atoms with Crippen molar-refractivity contribution in [1.82, 2.24) is 9.80 Å². The minimum absolute atomic E-state index is 0.324.